The topological polar surface area (TPSA) is 0 Å². The van der Waals surface area contributed by atoms with E-state index in [1.54, 1.807) is 0 Å². The Labute approximate surface area is 89.3 Å². The summed E-state index contributed by atoms with van der Waals surface area (Å²) in [4.78, 5) is 0. The molecule has 86 valence electrons. The Bertz CT molecular complexity index is 101. The van der Waals surface area contributed by atoms with Crippen molar-refractivity contribution >= 4 is 0 Å². The lowest BCUT2D eigenvalue weighted by Gasteiger charge is -2.13. The molecule has 1 atom stereocenters. The van der Waals surface area contributed by atoms with Crippen molar-refractivity contribution in [1.29, 1.82) is 0 Å². The van der Waals surface area contributed by atoms with Crippen molar-refractivity contribution in [2.24, 2.45) is 5.92 Å². The van der Waals surface area contributed by atoms with Crippen molar-refractivity contribution < 1.29 is 4.39 Å². The van der Waals surface area contributed by atoms with Crippen LogP contribution >= 0.6 is 0 Å². The second kappa shape index (κ2) is 11.0. The van der Waals surface area contributed by atoms with Gasteiger partial charge >= 0.3 is 0 Å². The molecule has 0 aromatic heterocycles. The second-order valence-electron chi connectivity index (χ2n) is 4.31. The number of hydrogen-bond donors (Lipinski definition) is 0. The lowest BCUT2D eigenvalue weighted by atomic mass is 9.93. The van der Waals surface area contributed by atoms with Crippen molar-refractivity contribution in [2.45, 2.75) is 71.6 Å². The molecule has 0 fully saturated rings. The lowest BCUT2D eigenvalue weighted by Crippen LogP contribution is -1.99. The predicted octanol–water partition coefficient (Wildman–Crippen LogP) is 5.12. The van der Waals surface area contributed by atoms with Gasteiger partial charge in [0.2, 0.25) is 0 Å². The Kier molecular flexibility index (Phi) is 11.0. The van der Waals surface area contributed by atoms with E-state index in [1.165, 1.54) is 44.9 Å². The highest BCUT2D eigenvalue weighted by molar-refractivity contribution is 4.58. The van der Waals surface area contributed by atoms with Crippen LogP contribution in [0.1, 0.15) is 71.6 Å². The number of rotatable bonds is 10. The van der Waals surface area contributed by atoms with Crippen LogP contribution < -0.4 is 0 Å². The monoisotopic (exact) mass is 202 g/mol. The average molecular weight is 202 g/mol. The fourth-order valence-electron chi connectivity index (χ4n) is 1.94. The normalized spacial score (nSPS) is 13.1. The van der Waals surface area contributed by atoms with Crippen LogP contribution in [0, 0.1) is 5.92 Å². The van der Waals surface area contributed by atoms with Crippen LogP contribution in [0.3, 0.4) is 0 Å². The third-order valence-corrected chi connectivity index (χ3v) is 3.04. The largest absolute Gasteiger partial charge is 0.251 e. The van der Waals surface area contributed by atoms with Crippen LogP contribution in [-0.2, 0) is 0 Å². The molecule has 0 N–H and O–H groups in total. The van der Waals surface area contributed by atoms with Crippen LogP contribution in [0.5, 0.6) is 0 Å². The molecule has 0 bridgehead atoms. The molecule has 1 unspecified atom stereocenters. The number of unbranched alkanes of at least 4 members (excludes halogenated alkanes) is 4. The van der Waals surface area contributed by atoms with Crippen LogP contribution in [-0.4, -0.2) is 6.67 Å². The maximum atomic E-state index is 11.9. The molecule has 0 aromatic rings. The van der Waals surface area contributed by atoms with Gasteiger partial charge in [-0.3, -0.25) is 4.39 Å². The van der Waals surface area contributed by atoms with E-state index in [-0.39, 0.29) is 6.67 Å². The average Bonchev–Trinajstić information content (AvgIpc) is 2.22. The Morgan fingerprint density at radius 2 is 1.50 bits per heavy atom. The number of alkyl halides is 1. The van der Waals surface area contributed by atoms with Crippen LogP contribution in [0.15, 0.2) is 0 Å². The molecule has 0 saturated carbocycles. The van der Waals surface area contributed by atoms with Gasteiger partial charge in [-0.1, -0.05) is 65.2 Å². The zero-order valence-corrected chi connectivity index (χ0v) is 10.0. The second-order valence-corrected chi connectivity index (χ2v) is 4.31. The first-order valence-corrected chi connectivity index (χ1v) is 6.41. The Balaban J connectivity index is 3.28. The summed E-state index contributed by atoms with van der Waals surface area (Å²) in [5, 5.41) is 0. The summed E-state index contributed by atoms with van der Waals surface area (Å²) in [6.45, 7) is 4.38. The summed E-state index contributed by atoms with van der Waals surface area (Å²) in [6.07, 6.45) is 11.2. The Morgan fingerprint density at radius 1 is 0.857 bits per heavy atom. The van der Waals surface area contributed by atoms with Gasteiger partial charge in [0.05, 0.1) is 6.67 Å². The van der Waals surface area contributed by atoms with Crippen LogP contribution in [0.25, 0.3) is 0 Å². The molecule has 0 saturated heterocycles. The van der Waals surface area contributed by atoms with Gasteiger partial charge in [-0.2, -0.15) is 0 Å². The maximum absolute atomic E-state index is 11.9. The van der Waals surface area contributed by atoms with Crippen molar-refractivity contribution in [1.82, 2.24) is 0 Å². The first-order valence-electron chi connectivity index (χ1n) is 6.41. The van der Waals surface area contributed by atoms with E-state index < -0.39 is 0 Å². The van der Waals surface area contributed by atoms with Gasteiger partial charge in [0, 0.05) is 0 Å². The molecule has 0 amide bonds. The fourth-order valence-corrected chi connectivity index (χ4v) is 1.94. The quantitative estimate of drug-likeness (QED) is 0.431. The smallest absolute Gasteiger partial charge is 0.0894 e. The van der Waals surface area contributed by atoms with E-state index in [9.17, 15) is 4.39 Å². The van der Waals surface area contributed by atoms with E-state index >= 15 is 0 Å². The van der Waals surface area contributed by atoms with E-state index in [1.807, 2.05) is 0 Å². The van der Waals surface area contributed by atoms with E-state index in [4.69, 9.17) is 0 Å². The SMILES string of the molecule is CCCCCCC(CC)CCCCF. The minimum Gasteiger partial charge on any atom is -0.251 e. The minimum atomic E-state index is -0.133. The molecule has 0 aliphatic heterocycles. The molecule has 0 nitrogen and oxygen atoms in total. The molecule has 0 radical (unpaired) electrons. The van der Waals surface area contributed by atoms with Gasteiger partial charge in [-0.05, 0) is 12.3 Å². The Morgan fingerprint density at radius 3 is 2.00 bits per heavy atom. The van der Waals surface area contributed by atoms with Gasteiger partial charge in [-0.25, -0.2) is 0 Å². The Hall–Kier alpha value is -0.0700. The van der Waals surface area contributed by atoms with Gasteiger partial charge in [-0.15, -0.1) is 0 Å². The van der Waals surface area contributed by atoms with Crippen LogP contribution in [0.4, 0.5) is 4.39 Å². The third kappa shape index (κ3) is 8.52. The fraction of sp³-hybridized carbons (Fsp3) is 1.00. The van der Waals surface area contributed by atoms with Gasteiger partial charge in [0.1, 0.15) is 0 Å². The zero-order chi connectivity index (χ0) is 10.6. The van der Waals surface area contributed by atoms with Crippen molar-refractivity contribution in [3.63, 3.8) is 0 Å². The summed E-state index contributed by atoms with van der Waals surface area (Å²) in [7, 11) is 0. The van der Waals surface area contributed by atoms with Gasteiger partial charge in [0.15, 0.2) is 0 Å². The molecule has 1 heteroatoms. The van der Waals surface area contributed by atoms with Crippen molar-refractivity contribution in [2.75, 3.05) is 6.67 Å². The highest BCUT2D eigenvalue weighted by Gasteiger charge is 2.05. The molecule has 0 aliphatic rings. The molecular weight excluding hydrogens is 175 g/mol. The first-order chi connectivity index (χ1) is 6.85. The molecular formula is C13H27F. The maximum Gasteiger partial charge on any atom is 0.0894 e. The number of hydrogen-bond acceptors (Lipinski definition) is 0. The zero-order valence-electron chi connectivity index (χ0n) is 10.0. The molecule has 0 aliphatic carbocycles. The molecule has 0 spiro atoms. The third-order valence-electron chi connectivity index (χ3n) is 3.04. The molecule has 0 aromatic carbocycles. The molecule has 14 heavy (non-hydrogen) atoms. The molecule has 0 heterocycles. The summed E-state index contributed by atoms with van der Waals surface area (Å²) in [6, 6.07) is 0. The highest BCUT2D eigenvalue weighted by Crippen LogP contribution is 2.20. The van der Waals surface area contributed by atoms with Crippen molar-refractivity contribution in [3.8, 4) is 0 Å². The van der Waals surface area contributed by atoms with E-state index in [0.717, 1.165) is 18.8 Å². The summed E-state index contributed by atoms with van der Waals surface area (Å²) in [5.74, 6) is 0.860. The number of halogens is 1. The van der Waals surface area contributed by atoms with Crippen LogP contribution in [0.2, 0.25) is 0 Å². The summed E-state index contributed by atoms with van der Waals surface area (Å²) in [5.41, 5.74) is 0. The summed E-state index contributed by atoms with van der Waals surface area (Å²) < 4.78 is 11.9. The predicted molar refractivity (Wildman–Crippen MR) is 62.4 cm³/mol. The van der Waals surface area contributed by atoms with Gasteiger partial charge < -0.3 is 0 Å². The van der Waals surface area contributed by atoms with E-state index in [0.29, 0.717) is 0 Å². The van der Waals surface area contributed by atoms with E-state index in [2.05, 4.69) is 13.8 Å². The minimum absolute atomic E-state index is 0.133. The lowest BCUT2D eigenvalue weighted by molar-refractivity contribution is 0.378. The van der Waals surface area contributed by atoms with Gasteiger partial charge in [0.25, 0.3) is 0 Å². The standard InChI is InChI=1S/C13H27F/c1-3-5-6-7-10-13(4-2)11-8-9-12-14/h13H,3-12H2,1-2H3. The van der Waals surface area contributed by atoms with Crippen molar-refractivity contribution in [3.05, 3.63) is 0 Å². The molecule has 0 rings (SSSR count). The highest BCUT2D eigenvalue weighted by atomic mass is 19.1. The first kappa shape index (κ1) is 13.9. The summed E-state index contributed by atoms with van der Waals surface area (Å²) >= 11 is 0.